The van der Waals surface area contributed by atoms with E-state index in [0.717, 1.165) is 43.4 Å². The van der Waals surface area contributed by atoms with E-state index < -0.39 is 0 Å². The van der Waals surface area contributed by atoms with Gasteiger partial charge in [0.15, 0.2) is 0 Å². The van der Waals surface area contributed by atoms with E-state index in [1.807, 2.05) is 0 Å². The van der Waals surface area contributed by atoms with Crippen LogP contribution in [0.5, 0.6) is 0 Å². The second kappa shape index (κ2) is 5.56. The van der Waals surface area contributed by atoms with Crippen molar-refractivity contribution in [2.24, 2.45) is 5.41 Å². The van der Waals surface area contributed by atoms with Gasteiger partial charge in [-0.25, -0.2) is 0 Å². The Labute approximate surface area is 155 Å². The molecule has 2 aromatic heterocycles. The summed E-state index contributed by atoms with van der Waals surface area (Å²) in [5.74, 6) is 0.699. The molecule has 2 aliphatic heterocycles. The third kappa shape index (κ3) is 2.73. The lowest BCUT2D eigenvalue weighted by molar-refractivity contribution is -0.0985. The number of hydrogen-bond donors (Lipinski definition) is 1. The summed E-state index contributed by atoms with van der Waals surface area (Å²) in [4.78, 5) is 7.34. The van der Waals surface area contributed by atoms with Gasteiger partial charge < -0.3 is 9.64 Å². The molecule has 2 saturated heterocycles. The minimum atomic E-state index is 0.0631. The molecule has 1 spiro atoms. The number of nitrogens with zero attached hydrogens (tertiary/aromatic N) is 3. The molecule has 1 N–H and O–H groups in total. The van der Waals surface area contributed by atoms with Gasteiger partial charge in [0, 0.05) is 41.5 Å². The Morgan fingerprint density at radius 1 is 1.19 bits per heavy atom. The van der Waals surface area contributed by atoms with Gasteiger partial charge in [0.25, 0.3) is 0 Å². The molecule has 138 valence electrons. The highest BCUT2D eigenvalue weighted by Gasteiger charge is 2.45. The smallest absolute Gasteiger partial charge is 0.111 e. The Bertz CT molecular complexity index is 827. The van der Waals surface area contributed by atoms with Crippen LogP contribution in [0.1, 0.15) is 57.2 Å². The summed E-state index contributed by atoms with van der Waals surface area (Å²) in [6.07, 6.45) is 5.95. The van der Waals surface area contributed by atoms with Crippen LogP contribution in [0, 0.1) is 5.41 Å². The van der Waals surface area contributed by atoms with Crippen molar-refractivity contribution in [3.63, 3.8) is 0 Å². The fourth-order valence-corrected chi connectivity index (χ4v) is 4.18. The van der Waals surface area contributed by atoms with Crippen molar-refractivity contribution >= 4 is 5.69 Å². The lowest BCUT2D eigenvalue weighted by Gasteiger charge is -2.38. The summed E-state index contributed by atoms with van der Waals surface area (Å²) in [5, 5.41) is 7.73. The monoisotopic (exact) mass is 352 g/mol. The maximum Gasteiger partial charge on any atom is 0.111 e. The van der Waals surface area contributed by atoms with Crippen LogP contribution in [-0.4, -0.2) is 41.5 Å². The molecule has 1 aliphatic carbocycles. The second-order valence-electron chi connectivity index (χ2n) is 9.48. The zero-order chi connectivity index (χ0) is 17.9. The van der Waals surface area contributed by atoms with E-state index in [0.29, 0.717) is 11.3 Å². The predicted molar refractivity (Wildman–Crippen MR) is 103 cm³/mol. The molecule has 0 unspecified atom stereocenters. The molecule has 1 saturated carbocycles. The molecule has 5 rings (SSSR count). The summed E-state index contributed by atoms with van der Waals surface area (Å²) < 4.78 is 5.51. The first kappa shape index (κ1) is 16.3. The third-order valence-electron chi connectivity index (χ3n) is 6.17. The van der Waals surface area contributed by atoms with Crippen molar-refractivity contribution in [1.29, 1.82) is 0 Å². The van der Waals surface area contributed by atoms with Crippen LogP contribution in [0.4, 0.5) is 5.69 Å². The Kier molecular flexibility index (Phi) is 3.48. The number of hydrogen-bond acceptors (Lipinski definition) is 4. The predicted octanol–water partition coefficient (Wildman–Crippen LogP) is 3.87. The van der Waals surface area contributed by atoms with E-state index in [1.165, 1.54) is 30.5 Å². The topological polar surface area (TPSA) is 54.0 Å². The third-order valence-corrected chi connectivity index (χ3v) is 6.17. The van der Waals surface area contributed by atoms with Crippen LogP contribution in [0.2, 0.25) is 0 Å². The first-order valence-electron chi connectivity index (χ1n) is 9.83. The van der Waals surface area contributed by atoms with Crippen molar-refractivity contribution in [2.45, 2.75) is 51.4 Å². The second-order valence-corrected chi connectivity index (χ2v) is 9.48. The number of nitrogens with one attached hydrogen (secondary N) is 1. The number of H-pyrrole nitrogens is 1. The molecule has 26 heavy (non-hydrogen) atoms. The minimum Gasteiger partial charge on any atom is -0.380 e. The summed E-state index contributed by atoms with van der Waals surface area (Å²) in [5.41, 5.74) is 6.33. The number of ether oxygens (including phenoxy) is 1. The van der Waals surface area contributed by atoms with Crippen molar-refractivity contribution in [1.82, 2.24) is 15.2 Å². The van der Waals surface area contributed by atoms with Gasteiger partial charge >= 0.3 is 0 Å². The van der Waals surface area contributed by atoms with Crippen molar-refractivity contribution in [3.05, 3.63) is 29.6 Å². The molecule has 0 aromatic carbocycles. The zero-order valence-corrected chi connectivity index (χ0v) is 16.0. The van der Waals surface area contributed by atoms with Gasteiger partial charge in [-0.2, -0.15) is 5.10 Å². The molecule has 0 radical (unpaired) electrons. The number of aromatic amines is 1. The van der Waals surface area contributed by atoms with Crippen LogP contribution < -0.4 is 4.90 Å². The first-order valence-corrected chi connectivity index (χ1v) is 9.83. The number of rotatable bonds is 3. The largest absolute Gasteiger partial charge is 0.380 e. The van der Waals surface area contributed by atoms with Gasteiger partial charge in [0.1, 0.15) is 5.69 Å². The maximum absolute atomic E-state index is 5.51. The highest BCUT2D eigenvalue weighted by Crippen LogP contribution is 2.47. The van der Waals surface area contributed by atoms with Gasteiger partial charge in [-0.3, -0.25) is 10.1 Å². The van der Waals surface area contributed by atoms with Gasteiger partial charge in [-0.15, -0.1) is 0 Å². The Balaban J connectivity index is 1.49. The van der Waals surface area contributed by atoms with Crippen molar-refractivity contribution < 1.29 is 4.74 Å². The average Bonchev–Trinajstić information content (AvgIpc) is 3.11. The van der Waals surface area contributed by atoms with E-state index >= 15 is 0 Å². The Morgan fingerprint density at radius 3 is 2.58 bits per heavy atom. The minimum absolute atomic E-state index is 0.0631. The number of aromatic nitrogens is 3. The molecule has 0 amide bonds. The standard InChI is InChI=1S/C21H28N4O/c1-20(2,3)19-9-17(23-24-19)16-8-18(15(10-22-16)14-4-5-14)25-7-6-21(11-25)12-26-13-21/h8-10,14H,4-7,11-13H2,1-3H3,(H,23,24). The van der Waals surface area contributed by atoms with Crippen LogP contribution in [-0.2, 0) is 10.2 Å². The van der Waals surface area contributed by atoms with Crippen LogP contribution in [0.15, 0.2) is 18.3 Å². The molecular weight excluding hydrogens is 324 g/mol. The zero-order valence-electron chi connectivity index (χ0n) is 16.0. The summed E-state index contributed by atoms with van der Waals surface area (Å²) in [6, 6.07) is 4.42. The molecule has 4 heterocycles. The van der Waals surface area contributed by atoms with Gasteiger partial charge in [0.2, 0.25) is 0 Å². The SMILES string of the molecule is CC(C)(C)c1cc(-c2cc(N3CCC4(COC4)C3)c(C3CC3)cn2)n[nH]1. The fraction of sp³-hybridized carbons (Fsp3) is 0.619. The van der Waals surface area contributed by atoms with E-state index in [-0.39, 0.29) is 5.41 Å². The molecule has 0 bridgehead atoms. The van der Waals surface area contributed by atoms with E-state index in [9.17, 15) is 0 Å². The maximum atomic E-state index is 5.51. The molecule has 5 nitrogen and oxygen atoms in total. The molecule has 5 heteroatoms. The Morgan fingerprint density at radius 2 is 2.00 bits per heavy atom. The number of anilines is 1. The van der Waals surface area contributed by atoms with Crippen LogP contribution in [0.3, 0.4) is 0 Å². The van der Waals surface area contributed by atoms with Crippen LogP contribution >= 0.6 is 0 Å². The summed E-state index contributed by atoms with van der Waals surface area (Å²) in [7, 11) is 0. The fourth-order valence-electron chi connectivity index (χ4n) is 4.18. The lowest BCUT2D eigenvalue weighted by Crippen LogP contribution is -2.44. The van der Waals surface area contributed by atoms with Crippen molar-refractivity contribution in [2.75, 3.05) is 31.2 Å². The summed E-state index contributed by atoms with van der Waals surface area (Å²) >= 11 is 0. The molecule has 0 atom stereocenters. The van der Waals surface area contributed by atoms with E-state index in [2.05, 4.69) is 54.2 Å². The summed E-state index contributed by atoms with van der Waals surface area (Å²) in [6.45, 7) is 10.7. The van der Waals surface area contributed by atoms with Crippen LogP contribution in [0.25, 0.3) is 11.4 Å². The highest BCUT2D eigenvalue weighted by molar-refractivity contribution is 5.66. The number of pyridine rings is 1. The van der Waals surface area contributed by atoms with Crippen molar-refractivity contribution in [3.8, 4) is 11.4 Å². The normalized spacial score (nSPS) is 22.0. The molecule has 2 aromatic rings. The Hall–Kier alpha value is -1.88. The molecule has 3 fully saturated rings. The van der Waals surface area contributed by atoms with Gasteiger partial charge in [0.05, 0.1) is 18.9 Å². The lowest BCUT2D eigenvalue weighted by atomic mass is 9.85. The van der Waals surface area contributed by atoms with E-state index in [4.69, 9.17) is 9.72 Å². The van der Waals surface area contributed by atoms with Gasteiger partial charge in [-0.05, 0) is 42.9 Å². The average molecular weight is 352 g/mol. The first-order chi connectivity index (χ1) is 12.4. The molecular formula is C21H28N4O. The van der Waals surface area contributed by atoms with Gasteiger partial charge in [-0.1, -0.05) is 20.8 Å². The molecule has 3 aliphatic rings. The quantitative estimate of drug-likeness (QED) is 0.911. The highest BCUT2D eigenvalue weighted by atomic mass is 16.5. The van der Waals surface area contributed by atoms with E-state index in [1.54, 1.807) is 0 Å².